The van der Waals surface area contributed by atoms with Crippen LogP contribution in [0.3, 0.4) is 0 Å². The lowest BCUT2D eigenvalue weighted by atomic mass is 10.1. The largest absolute Gasteiger partial charge is 0.439 e. The summed E-state index contributed by atoms with van der Waals surface area (Å²) in [6.45, 7) is 4.29. The maximum atomic E-state index is 6.13. The van der Waals surface area contributed by atoms with Crippen molar-refractivity contribution in [2.45, 2.75) is 46.0 Å². The molecule has 3 nitrogen and oxygen atoms in total. The number of hydrogen-bond donors (Lipinski definition) is 0. The maximum Gasteiger partial charge on any atom is 0.226 e. The van der Waals surface area contributed by atoms with Crippen LogP contribution in [0, 0.1) is 0 Å². The molecule has 0 aliphatic carbocycles. The third-order valence-electron chi connectivity index (χ3n) is 3.31. The molecule has 0 aliphatic heterocycles. The van der Waals surface area contributed by atoms with E-state index in [4.69, 9.17) is 16.3 Å². The Morgan fingerprint density at radius 3 is 2.43 bits per heavy atom. The van der Waals surface area contributed by atoms with Gasteiger partial charge in [0.05, 0.1) is 5.56 Å². The molecule has 0 atom stereocenters. The average molecular weight is 305 g/mol. The summed E-state index contributed by atoms with van der Waals surface area (Å²) in [5.41, 5.74) is 2.20. The first-order chi connectivity index (χ1) is 10.2. The molecular formula is C17H21ClN2O. The fraction of sp³-hybridized carbons (Fsp3) is 0.412. The van der Waals surface area contributed by atoms with Crippen molar-refractivity contribution < 1.29 is 4.74 Å². The zero-order chi connectivity index (χ0) is 15.1. The van der Waals surface area contributed by atoms with Gasteiger partial charge in [-0.15, -0.1) is 0 Å². The summed E-state index contributed by atoms with van der Waals surface area (Å²) in [6.07, 6.45) is 6.74. The van der Waals surface area contributed by atoms with Crippen LogP contribution in [0.5, 0.6) is 11.6 Å². The molecule has 1 aromatic heterocycles. The highest BCUT2D eigenvalue weighted by atomic mass is 35.5. The molecule has 0 N–H and O–H groups in total. The van der Waals surface area contributed by atoms with Gasteiger partial charge in [-0.1, -0.05) is 50.4 Å². The van der Waals surface area contributed by atoms with Gasteiger partial charge in [0.25, 0.3) is 0 Å². The Balaban J connectivity index is 2.12. The predicted molar refractivity (Wildman–Crippen MR) is 86.2 cm³/mol. The van der Waals surface area contributed by atoms with Crippen LogP contribution in [0.25, 0.3) is 0 Å². The number of nitrogens with zero attached hydrogens (tertiary/aromatic N) is 2. The van der Waals surface area contributed by atoms with Gasteiger partial charge in [-0.25, -0.2) is 9.97 Å². The van der Waals surface area contributed by atoms with E-state index in [9.17, 15) is 0 Å². The molecule has 112 valence electrons. The van der Waals surface area contributed by atoms with Crippen molar-refractivity contribution in [2.24, 2.45) is 0 Å². The Kier molecular flexibility index (Phi) is 6.00. The molecule has 0 saturated carbocycles. The van der Waals surface area contributed by atoms with E-state index in [2.05, 4.69) is 35.9 Å². The zero-order valence-corrected chi connectivity index (χ0v) is 13.4. The lowest BCUT2D eigenvalue weighted by Gasteiger charge is -2.10. The van der Waals surface area contributed by atoms with E-state index in [-0.39, 0.29) is 0 Å². The van der Waals surface area contributed by atoms with E-state index in [0.717, 1.165) is 30.6 Å². The normalized spacial score (nSPS) is 10.6. The van der Waals surface area contributed by atoms with Gasteiger partial charge in [-0.3, -0.25) is 0 Å². The lowest BCUT2D eigenvalue weighted by Crippen LogP contribution is -1.98. The fourth-order valence-corrected chi connectivity index (χ4v) is 2.36. The topological polar surface area (TPSA) is 35.0 Å². The summed E-state index contributed by atoms with van der Waals surface area (Å²) >= 11 is 6.13. The van der Waals surface area contributed by atoms with E-state index in [1.807, 2.05) is 12.1 Å². The van der Waals surface area contributed by atoms with Crippen LogP contribution < -0.4 is 4.74 Å². The predicted octanol–water partition coefficient (Wildman–Crippen LogP) is 5.22. The first kappa shape index (κ1) is 15.8. The van der Waals surface area contributed by atoms with Gasteiger partial charge in [0.2, 0.25) is 5.88 Å². The molecular weight excluding hydrogens is 284 g/mol. The fourth-order valence-electron chi connectivity index (χ4n) is 2.14. The summed E-state index contributed by atoms with van der Waals surface area (Å²) in [7, 11) is 0. The molecule has 2 rings (SSSR count). The van der Waals surface area contributed by atoms with E-state index in [1.54, 1.807) is 0 Å². The molecule has 4 heteroatoms. The summed E-state index contributed by atoms with van der Waals surface area (Å²) in [5, 5.41) is 0.474. The molecule has 21 heavy (non-hydrogen) atoms. The van der Waals surface area contributed by atoms with Crippen LogP contribution in [-0.2, 0) is 12.8 Å². The number of hydrogen-bond acceptors (Lipinski definition) is 3. The summed E-state index contributed by atoms with van der Waals surface area (Å²) < 4.78 is 5.87. The molecule has 0 unspecified atom stereocenters. The van der Waals surface area contributed by atoms with Gasteiger partial charge in [-0.05, 0) is 37.0 Å². The highest BCUT2D eigenvalue weighted by molar-refractivity contribution is 6.30. The highest BCUT2D eigenvalue weighted by Crippen LogP contribution is 2.28. The number of aryl methyl sites for hydroxylation is 1. The molecule has 0 radical (unpaired) electrons. The van der Waals surface area contributed by atoms with Gasteiger partial charge in [0, 0.05) is 0 Å². The maximum absolute atomic E-state index is 6.13. The van der Waals surface area contributed by atoms with E-state index in [0.29, 0.717) is 11.0 Å². The van der Waals surface area contributed by atoms with Crippen LogP contribution in [0.15, 0.2) is 30.6 Å². The van der Waals surface area contributed by atoms with Crippen molar-refractivity contribution in [3.05, 3.63) is 46.9 Å². The average Bonchev–Trinajstić information content (AvgIpc) is 2.50. The number of aromatic nitrogens is 2. The Labute approximate surface area is 131 Å². The van der Waals surface area contributed by atoms with Crippen LogP contribution in [0.1, 0.15) is 44.2 Å². The molecule has 0 aliphatic rings. The first-order valence-electron chi connectivity index (χ1n) is 7.50. The standard InChI is InChI=1S/C17H21ClN2O/c1-3-5-7-13-8-10-14(11-9-13)21-17-15(6-4-2)16(18)19-12-20-17/h8-12H,3-7H2,1-2H3. The monoisotopic (exact) mass is 304 g/mol. The summed E-state index contributed by atoms with van der Waals surface area (Å²) in [4.78, 5) is 8.23. The van der Waals surface area contributed by atoms with E-state index >= 15 is 0 Å². The van der Waals surface area contributed by atoms with Crippen LogP contribution in [-0.4, -0.2) is 9.97 Å². The Hall–Kier alpha value is -1.61. The minimum absolute atomic E-state index is 0.474. The first-order valence-corrected chi connectivity index (χ1v) is 7.88. The van der Waals surface area contributed by atoms with Crippen molar-refractivity contribution in [2.75, 3.05) is 0 Å². The number of unbranched alkanes of at least 4 members (excludes halogenated alkanes) is 1. The minimum Gasteiger partial charge on any atom is -0.439 e. The van der Waals surface area contributed by atoms with E-state index in [1.165, 1.54) is 24.7 Å². The zero-order valence-electron chi connectivity index (χ0n) is 12.6. The van der Waals surface area contributed by atoms with Crippen molar-refractivity contribution >= 4 is 11.6 Å². The van der Waals surface area contributed by atoms with E-state index < -0.39 is 0 Å². The molecule has 0 saturated heterocycles. The smallest absolute Gasteiger partial charge is 0.226 e. The number of halogens is 1. The molecule has 0 amide bonds. The quantitative estimate of drug-likeness (QED) is 0.658. The van der Waals surface area contributed by atoms with Crippen LogP contribution >= 0.6 is 11.6 Å². The van der Waals surface area contributed by atoms with Gasteiger partial charge < -0.3 is 4.74 Å². The number of rotatable bonds is 7. The third kappa shape index (κ3) is 4.43. The van der Waals surface area contributed by atoms with Gasteiger partial charge in [0.1, 0.15) is 17.2 Å². The number of benzene rings is 1. The van der Waals surface area contributed by atoms with Crippen LogP contribution in [0.2, 0.25) is 5.15 Å². The minimum atomic E-state index is 0.474. The highest BCUT2D eigenvalue weighted by Gasteiger charge is 2.11. The molecule has 0 spiro atoms. The van der Waals surface area contributed by atoms with Crippen molar-refractivity contribution in [1.82, 2.24) is 9.97 Å². The van der Waals surface area contributed by atoms with Crippen molar-refractivity contribution in [3.63, 3.8) is 0 Å². The molecule has 0 bridgehead atoms. The molecule has 1 heterocycles. The van der Waals surface area contributed by atoms with Gasteiger partial charge >= 0.3 is 0 Å². The summed E-state index contributed by atoms with van der Waals surface area (Å²) in [5.74, 6) is 1.33. The second-order valence-corrected chi connectivity index (χ2v) is 5.41. The Morgan fingerprint density at radius 1 is 1.00 bits per heavy atom. The van der Waals surface area contributed by atoms with Crippen LogP contribution in [0.4, 0.5) is 0 Å². The third-order valence-corrected chi connectivity index (χ3v) is 3.64. The Morgan fingerprint density at radius 2 is 1.76 bits per heavy atom. The summed E-state index contributed by atoms with van der Waals surface area (Å²) in [6, 6.07) is 8.17. The van der Waals surface area contributed by atoms with Crippen molar-refractivity contribution in [1.29, 1.82) is 0 Å². The van der Waals surface area contributed by atoms with Gasteiger partial charge in [0.15, 0.2) is 0 Å². The second kappa shape index (κ2) is 7.99. The molecule has 0 fully saturated rings. The Bertz CT molecular complexity index is 570. The van der Waals surface area contributed by atoms with Gasteiger partial charge in [-0.2, -0.15) is 0 Å². The van der Waals surface area contributed by atoms with Crippen molar-refractivity contribution in [3.8, 4) is 11.6 Å². The lowest BCUT2D eigenvalue weighted by molar-refractivity contribution is 0.453. The molecule has 1 aromatic carbocycles. The SMILES string of the molecule is CCCCc1ccc(Oc2ncnc(Cl)c2CCC)cc1. The number of ether oxygens (including phenoxy) is 1. The second-order valence-electron chi connectivity index (χ2n) is 5.05. The molecule has 2 aromatic rings.